The van der Waals surface area contributed by atoms with Crippen LogP contribution in [0.3, 0.4) is 0 Å². The van der Waals surface area contributed by atoms with Crippen molar-refractivity contribution in [2.24, 2.45) is 10.7 Å². The van der Waals surface area contributed by atoms with Crippen LogP contribution in [-0.2, 0) is 13.0 Å². The molecule has 0 aliphatic rings. The van der Waals surface area contributed by atoms with Crippen LogP contribution >= 0.6 is 24.0 Å². The normalized spacial score (nSPS) is 11.0. The molecule has 3 N–H and O–H groups in total. The first-order valence-electron chi connectivity index (χ1n) is 7.83. The fourth-order valence-electron chi connectivity index (χ4n) is 2.03. The summed E-state index contributed by atoms with van der Waals surface area (Å²) in [6.45, 7) is 5.21. The van der Waals surface area contributed by atoms with Crippen molar-refractivity contribution in [2.75, 3.05) is 6.54 Å². The molecule has 24 heavy (non-hydrogen) atoms. The zero-order valence-corrected chi connectivity index (χ0v) is 16.4. The molecule has 0 fully saturated rings. The first-order chi connectivity index (χ1) is 11.1. The Hall–Kier alpha value is -1.83. The number of pyridine rings is 1. The molecule has 2 aromatic rings. The monoisotopic (exact) mass is 440 g/mol. The van der Waals surface area contributed by atoms with Crippen LogP contribution in [0.1, 0.15) is 25.0 Å². The number of halogens is 1. The summed E-state index contributed by atoms with van der Waals surface area (Å²) in [5.41, 5.74) is 8.15. The second-order valence-corrected chi connectivity index (χ2v) is 5.54. The standard InChI is InChI=1S/C18H24N4O.HI/c1-14(2)23-17-9-8-16(12-21-17)13-22-18(19)20-11-10-15-6-4-3-5-7-15;/h3-9,12,14H,10-11,13H2,1-2H3,(H3,19,20,22);1H. The molecular weight excluding hydrogens is 415 g/mol. The molecule has 0 saturated carbocycles. The van der Waals surface area contributed by atoms with Gasteiger partial charge in [0.2, 0.25) is 5.88 Å². The van der Waals surface area contributed by atoms with Crippen molar-refractivity contribution in [1.29, 1.82) is 0 Å². The molecule has 0 atom stereocenters. The summed E-state index contributed by atoms with van der Waals surface area (Å²) in [5.74, 6) is 1.07. The molecule has 2 rings (SSSR count). The number of hydrogen-bond donors (Lipinski definition) is 2. The van der Waals surface area contributed by atoms with Gasteiger partial charge < -0.3 is 15.8 Å². The topological polar surface area (TPSA) is 72.5 Å². The van der Waals surface area contributed by atoms with Gasteiger partial charge in [-0.3, -0.25) is 0 Å². The van der Waals surface area contributed by atoms with E-state index >= 15 is 0 Å². The number of nitrogens with two attached hydrogens (primary N) is 1. The molecule has 0 saturated heterocycles. The lowest BCUT2D eigenvalue weighted by molar-refractivity contribution is 0.232. The second kappa shape index (κ2) is 10.9. The number of aliphatic imine (C=N–C) groups is 1. The Kier molecular flexibility index (Phi) is 9.14. The van der Waals surface area contributed by atoms with Gasteiger partial charge in [-0.1, -0.05) is 36.4 Å². The number of nitrogens with zero attached hydrogens (tertiary/aromatic N) is 2. The van der Waals surface area contributed by atoms with Gasteiger partial charge in [0.25, 0.3) is 0 Å². The Balaban J connectivity index is 0.00000288. The van der Waals surface area contributed by atoms with Crippen LogP contribution in [0.5, 0.6) is 5.88 Å². The molecule has 0 unspecified atom stereocenters. The summed E-state index contributed by atoms with van der Waals surface area (Å²) in [7, 11) is 0. The van der Waals surface area contributed by atoms with E-state index in [1.807, 2.05) is 44.2 Å². The van der Waals surface area contributed by atoms with E-state index in [0.29, 0.717) is 18.4 Å². The Bertz CT molecular complexity index is 615. The lowest BCUT2D eigenvalue weighted by Crippen LogP contribution is -2.33. The molecule has 5 nitrogen and oxygen atoms in total. The van der Waals surface area contributed by atoms with E-state index in [2.05, 4.69) is 27.4 Å². The number of aromatic nitrogens is 1. The predicted octanol–water partition coefficient (Wildman–Crippen LogP) is 3.13. The van der Waals surface area contributed by atoms with Crippen LogP contribution in [0.2, 0.25) is 0 Å². The number of benzene rings is 1. The lowest BCUT2D eigenvalue weighted by atomic mass is 10.1. The first kappa shape index (κ1) is 20.2. The lowest BCUT2D eigenvalue weighted by Gasteiger charge is -2.08. The third-order valence-corrected chi connectivity index (χ3v) is 3.15. The van der Waals surface area contributed by atoms with E-state index in [1.165, 1.54) is 5.56 Å². The highest BCUT2D eigenvalue weighted by Gasteiger charge is 2.00. The van der Waals surface area contributed by atoms with E-state index in [9.17, 15) is 0 Å². The van der Waals surface area contributed by atoms with Crippen molar-refractivity contribution in [1.82, 2.24) is 10.3 Å². The Morgan fingerprint density at radius 3 is 2.54 bits per heavy atom. The van der Waals surface area contributed by atoms with E-state index < -0.39 is 0 Å². The van der Waals surface area contributed by atoms with Gasteiger partial charge in [-0.15, -0.1) is 24.0 Å². The molecule has 0 spiro atoms. The van der Waals surface area contributed by atoms with E-state index in [4.69, 9.17) is 10.5 Å². The molecule has 0 aliphatic heterocycles. The van der Waals surface area contributed by atoms with E-state index in [0.717, 1.165) is 18.5 Å². The quantitative estimate of drug-likeness (QED) is 0.394. The zero-order valence-electron chi connectivity index (χ0n) is 14.1. The molecule has 0 aliphatic carbocycles. The summed E-state index contributed by atoms with van der Waals surface area (Å²) in [5, 5.41) is 3.12. The Morgan fingerprint density at radius 1 is 1.17 bits per heavy atom. The average molecular weight is 440 g/mol. The largest absolute Gasteiger partial charge is 0.475 e. The maximum absolute atomic E-state index is 5.88. The summed E-state index contributed by atoms with van der Waals surface area (Å²) in [6, 6.07) is 14.1. The molecule has 1 heterocycles. The summed E-state index contributed by atoms with van der Waals surface area (Å²) in [6.07, 6.45) is 2.80. The highest BCUT2D eigenvalue weighted by Crippen LogP contribution is 2.10. The fourth-order valence-corrected chi connectivity index (χ4v) is 2.03. The number of rotatable bonds is 7. The minimum Gasteiger partial charge on any atom is -0.475 e. The third kappa shape index (κ3) is 7.63. The number of guanidine groups is 1. The molecular formula is C18H25IN4O. The van der Waals surface area contributed by atoms with Gasteiger partial charge in [-0.2, -0.15) is 0 Å². The summed E-state index contributed by atoms with van der Waals surface area (Å²) < 4.78 is 5.51. The van der Waals surface area contributed by atoms with Crippen LogP contribution in [0.4, 0.5) is 0 Å². The SMILES string of the molecule is CC(C)Oc1ccc(CN=C(N)NCCc2ccccc2)cn1.I. The first-order valence-corrected chi connectivity index (χ1v) is 7.83. The average Bonchev–Trinajstić information content (AvgIpc) is 2.55. The minimum absolute atomic E-state index is 0. The molecule has 130 valence electrons. The number of nitrogens with one attached hydrogen (secondary N) is 1. The molecule has 0 amide bonds. The maximum Gasteiger partial charge on any atom is 0.213 e. The van der Waals surface area contributed by atoms with Crippen molar-refractivity contribution in [3.05, 3.63) is 59.8 Å². The third-order valence-electron chi connectivity index (χ3n) is 3.15. The molecule has 1 aromatic carbocycles. The van der Waals surface area contributed by atoms with Crippen LogP contribution in [0, 0.1) is 0 Å². The molecule has 0 bridgehead atoms. The summed E-state index contributed by atoms with van der Waals surface area (Å²) >= 11 is 0. The smallest absolute Gasteiger partial charge is 0.213 e. The van der Waals surface area contributed by atoms with E-state index in [-0.39, 0.29) is 30.1 Å². The maximum atomic E-state index is 5.88. The van der Waals surface area contributed by atoms with Gasteiger partial charge in [-0.25, -0.2) is 9.98 Å². The van der Waals surface area contributed by atoms with Gasteiger partial charge in [0.1, 0.15) is 0 Å². The highest BCUT2D eigenvalue weighted by molar-refractivity contribution is 14.0. The second-order valence-electron chi connectivity index (χ2n) is 5.54. The predicted molar refractivity (Wildman–Crippen MR) is 109 cm³/mol. The van der Waals surface area contributed by atoms with E-state index in [1.54, 1.807) is 6.20 Å². The molecule has 0 radical (unpaired) electrons. The van der Waals surface area contributed by atoms with Crippen LogP contribution < -0.4 is 15.8 Å². The molecule has 6 heteroatoms. The fraction of sp³-hybridized carbons (Fsp3) is 0.333. The van der Waals surface area contributed by atoms with Crippen LogP contribution in [0.25, 0.3) is 0 Å². The Labute approximate surface area is 160 Å². The van der Waals surface area contributed by atoms with Crippen LogP contribution in [0.15, 0.2) is 53.7 Å². The number of hydrogen-bond acceptors (Lipinski definition) is 3. The zero-order chi connectivity index (χ0) is 16.5. The van der Waals surface area contributed by atoms with Crippen LogP contribution in [-0.4, -0.2) is 23.6 Å². The van der Waals surface area contributed by atoms with Crippen molar-refractivity contribution in [3.8, 4) is 5.88 Å². The van der Waals surface area contributed by atoms with Gasteiger partial charge in [0, 0.05) is 18.8 Å². The Morgan fingerprint density at radius 2 is 1.92 bits per heavy atom. The van der Waals surface area contributed by atoms with Crippen molar-refractivity contribution in [3.63, 3.8) is 0 Å². The van der Waals surface area contributed by atoms with Crippen molar-refractivity contribution >= 4 is 29.9 Å². The summed E-state index contributed by atoms with van der Waals surface area (Å²) in [4.78, 5) is 8.56. The van der Waals surface area contributed by atoms with Gasteiger partial charge >= 0.3 is 0 Å². The van der Waals surface area contributed by atoms with Gasteiger partial charge in [0.15, 0.2) is 5.96 Å². The highest BCUT2D eigenvalue weighted by atomic mass is 127. The van der Waals surface area contributed by atoms with Crippen molar-refractivity contribution in [2.45, 2.75) is 32.9 Å². The van der Waals surface area contributed by atoms with Gasteiger partial charge in [-0.05, 0) is 31.4 Å². The molecule has 1 aromatic heterocycles. The number of ether oxygens (including phenoxy) is 1. The van der Waals surface area contributed by atoms with Crippen molar-refractivity contribution < 1.29 is 4.74 Å². The minimum atomic E-state index is 0. The van der Waals surface area contributed by atoms with Gasteiger partial charge in [0.05, 0.1) is 12.6 Å².